The van der Waals surface area contributed by atoms with Crippen LogP contribution in [0.15, 0.2) is 0 Å². The van der Waals surface area contributed by atoms with Crippen molar-refractivity contribution in [3.8, 4) is 0 Å². The van der Waals surface area contributed by atoms with E-state index in [1.807, 2.05) is 20.8 Å². The van der Waals surface area contributed by atoms with Crippen LogP contribution in [-0.4, -0.2) is 30.9 Å². The molecule has 0 spiro atoms. The van der Waals surface area contributed by atoms with Crippen molar-refractivity contribution in [1.29, 1.82) is 0 Å². The first-order valence-corrected chi connectivity index (χ1v) is 8.24. The van der Waals surface area contributed by atoms with Gasteiger partial charge in [0.2, 0.25) is 0 Å². The third-order valence-electron chi connectivity index (χ3n) is 4.96. The minimum Gasteiger partial charge on any atom is -0.352 e. The number of ether oxygens (including phenoxy) is 2. The van der Waals surface area contributed by atoms with Gasteiger partial charge in [0.05, 0.1) is 6.10 Å². The van der Waals surface area contributed by atoms with Crippen LogP contribution in [0.2, 0.25) is 0 Å². The van der Waals surface area contributed by atoms with Gasteiger partial charge in [-0.2, -0.15) is 26.3 Å². The summed E-state index contributed by atoms with van der Waals surface area (Å²) in [6.45, 7) is 5.73. The van der Waals surface area contributed by atoms with Gasteiger partial charge in [-0.3, -0.25) is 0 Å². The maximum atomic E-state index is 13.0. The van der Waals surface area contributed by atoms with Gasteiger partial charge in [-0.05, 0) is 37.0 Å². The van der Waals surface area contributed by atoms with Gasteiger partial charge in [-0.15, -0.1) is 0 Å². The fraction of sp³-hybridized carbons (Fsp3) is 1.00. The first kappa shape index (κ1) is 21.5. The molecule has 0 heterocycles. The Hall–Kier alpha value is -0.500. The molecule has 1 saturated carbocycles. The third kappa shape index (κ3) is 4.56. The highest BCUT2D eigenvalue weighted by Gasteiger charge is 2.71. The summed E-state index contributed by atoms with van der Waals surface area (Å²) in [5.74, 6) is 0.674. The highest BCUT2D eigenvalue weighted by Crippen LogP contribution is 2.48. The Kier molecular flexibility index (Phi) is 7.01. The second-order valence-corrected chi connectivity index (χ2v) is 6.97. The Morgan fingerprint density at radius 1 is 1.00 bits per heavy atom. The van der Waals surface area contributed by atoms with Crippen LogP contribution in [0.4, 0.5) is 26.3 Å². The van der Waals surface area contributed by atoms with E-state index in [9.17, 15) is 26.3 Å². The molecule has 144 valence electrons. The topological polar surface area (TPSA) is 18.5 Å². The van der Waals surface area contributed by atoms with Crippen LogP contribution in [0.5, 0.6) is 0 Å². The molecule has 8 heteroatoms. The molecule has 0 bridgehead atoms. The Morgan fingerprint density at radius 2 is 1.54 bits per heavy atom. The van der Waals surface area contributed by atoms with E-state index < -0.39 is 31.2 Å². The third-order valence-corrected chi connectivity index (χ3v) is 4.96. The highest BCUT2D eigenvalue weighted by molar-refractivity contribution is 4.94. The number of rotatable bonds is 6. The summed E-state index contributed by atoms with van der Waals surface area (Å²) in [4.78, 5) is 0. The van der Waals surface area contributed by atoms with Gasteiger partial charge in [0, 0.05) is 0 Å². The summed E-state index contributed by atoms with van der Waals surface area (Å²) >= 11 is 0. The molecule has 1 rings (SSSR count). The van der Waals surface area contributed by atoms with Crippen LogP contribution >= 0.6 is 0 Å². The number of hydrogen-bond donors (Lipinski definition) is 0. The van der Waals surface area contributed by atoms with Crippen LogP contribution in [0.1, 0.15) is 53.4 Å². The van der Waals surface area contributed by atoms with E-state index in [1.165, 1.54) is 0 Å². The molecule has 0 aromatic rings. The summed E-state index contributed by atoms with van der Waals surface area (Å²) < 4.78 is 87.7. The lowest BCUT2D eigenvalue weighted by molar-refractivity contribution is -0.396. The second kappa shape index (κ2) is 7.81. The Balaban J connectivity index is 2.80. The lowest BCUT2D eigenvalue weighted by Gasteiger charge is -2.39. The van der Waals surface area contributed by atoms with Crippen molar-refractivity contribution >= 4 is 0 Å². The molecule has 3 unspecified atom stereocenters. The van der Waals surface area contributed by atoms with E-state index >= 15 is 0 Å². The molecule has 1 fully saturated rings. The van der Waals surface area contributed by atoms with Crippen molar-refractivity contribution in [2.75, 3.05) is 6.79 Å². The Morgan fingerprint density at radius 3 is 1.96 bits per heavy atom. The van der Waals surface area contributed by atoms with Crippen LogP contribution in [0.3, 0.4) is 0 Å². The lowest BCUT2D eigenvalue weighted by atomic mass is 9.75. The molecule has 0 amide bonds. The van der Waals surface area contributed by atoms with Crippen LogP contribution in [-0.2, 0) is 9.47 Å². The number of hydrogen-bond acceptors (Lipinski definition) is 2. The van der Waals surface area contributed by atoms with Crippen molar-refractivity contribution in [1.82, 2.24) is 0 Å². The second-order valence-electron chi connectivity index (χ2n) is 6.97. The van der Waals surface area contributed by atoms with Crippen molar-refractivity contribution in [2.24, 2.45) is 17.8 Å². The fourth-order valence-corrected chi connectivity index (χ4v) is 3.36. The van der Waals surface area contributed by atoms with Gasteiger partial charge >= 0.3 is 12.4 Å². The molecule has 0 aliphatic heterocycles. The van der Waals surface area contributed by atoms with Crippen molar-refractivity contribution in [2.45, 2.75) is 77.4 Å². The minimum absolute atomic E-state index is 0.109. The van der Waals surface area contributed by atoms with Crippen LogP contribution < -0.4 is 0 Å². The lowest BCUT2D eigenvalue weighted by Crippen LogP contribution is -2.58. The molecule has 0 saturated heterocycles. The average molecular weight is 364 g/mol. The van der Waals surface area contributed by atoms with Crippen molar-refractivity contribution < 1.29 is 35.8 Å². The molecule has 1 aliphatic carbocycles. The summed E-state index contributed by atoms with van der Waals surface area (Å²) in [5.41, 5.74) is -4.19. The zero-order chi connectivity index (χ0) is 18.8. The van der Waals surface area contributed by atoms with E-state index in [2.05, 4.69) is 4.74 Å². The number of alkyl halides is 6. The first-order valence-electron chi connectivity index (χ1n) is 8.24. The van der Waals surface area contributed by atoms with E-state index in [0.717, 1.165) is 19.8 Å². The van der Waals surface area contributed by atoms with E-state index in [0.29, 0.717) is 12.3 Å². The van der Waals surface area contributed by atoms with Crippen molar-refractivity contribution in [3.05, 3.63) is 0 Å². The highest BCUT2D eigenvalue weighted by atomic mass is 19.4. The molecule has 0 aromatic carbocycles. The quantitative estimate of drug-likeness (QED) is 0.444. The van der Waals surface area contributed by atoms with Gasteiger partial charge in [-0.1, -0.05) is 34.1 Å². The maximum absolute atomic E-state index is 13.0. The zero-order valence-electron chi connectivity index (χ0n) is 14.4. The summed E-state index contributed by atoms with van der Waals surface area (Å²) in [6, 6.07) is 0. The van der Waals surface area contributed by atoms with Crippen molar-refractivity contribution in [3.63, 3.8) is 0 Å². The van der Waals surface area contributed by atoms with Gasteiger partial charge < -0.3 is 9.47 Å². The smallest absolute Gasteiger partial charge is 0.352 e. The average Bonchev–Trinajstić information content (AvgIpc) is 2.40. The van der Waals surface area contributed by atoms with E-state index in [-0.39, 0.29) is 17.9 Å². The first-order chi connectivity index (χ1) is 10.9. The Bertz CT molecular complexity index is 377. The molecular weight excluding hydrogens is 338 g/mol. The predicted octanol–water partition coefficient (Wildman–Crippen LogP) is 5.71. The SMILES string of the molecule is CCC(OCOC1CC(C)CCC1C(C)C)(C(F)(F)F)C(F)(F)F. The Labute approximate surface area is 138 Å². The summed E-state index contributed by atoms with van der Waals surface area (Å²) in [7, 11) is 0. The van der Waals surface area contributed by atoms with Gasteiger partial charge in [0.25, 0.3) is 5.60 Å². The zero-order valence-corrected chi connectivity index (χ0v) is 14.4. The van der Waals surface area contributed by atoms with Gasteiger partial charge in [0.1, 0.15) is 6.79 Å². The normalized spacial score (nSPS) is 26.9. The van der Waals surface area contributed by atoms with Crippen LogP contribution in [0, 0.1) is 17.8 Å². The monoisotopic (exact) mass is 364 g/mol. The molecule has 1 aliphatic rings. The van der Waals surface area contributed by atoms with E-state index in [1.54, 1.807) is 0 Å². The predicted molar refractivity (Wildman–Crippen MR) is 77.3 cm³/mol. The van der Waals surface area contributed by atoms with Gasteiger partial charge in [0.15, 0.2) is 0 Å². The molecule has 0 radical (unpaired) electrons. The molecule has 0 aromatic heterocycles. The summed E-state index contributed by atoms with van der Waals surface area (Å²) in [5, 5.41) is 0. The standard InChI is InChI=1S/C16H26F6O2/c1-5-14(15(17,18)19,16(20,21)22)24-9-23-13-8-11(4)6-7-12(13)10(2)3/h10-13H,5-9H2,1-4H3. The number of halogens is 6. The molecule has 0 N–H and O–H groups in total. The fourth-order valence-electron chi connectivity index (χ4n) is 3.36. The molecule has 24 heavy (non-hydrogen) atoms. The minimum atomic E-state index is -5.55. The largest absolute Gasteiger partial charge is 0.426 e. The van der Waals surface area contributed by atoms with Gasteiger partial charge in [-0.25, -0.2) is 0 Å². The van der Waals surface area contributed by atoms with Crippen LogP contribution in [0.25, 0.3) is 0 Å². The maximum Gasteiger partial charge on any atom is 0.426 e. The van der Waals surface area contributed by atoms with E-state index in [4.69, 9.17) is 4.74 Å². The molecular formula is C16H26F6O2. The molecule has 2 nitrogen and oxygen atoms in total. The summed E-state index contributed by atoms with van der Waals surface area (Å²) in [6.07, 6.45) is -10.3. The molecule has 3 atom stereocenters.